The van der Waals surface area contributed by atoms with Crippen molar-refractivity contribution in [3.8, 4) is 0 Å². The molecule has 0 atom stereocenters. The molecule has 3 N–H and O–H groups in total. The predicted octanol–water partition coefficient (Wildman–Crippen LogP) is 1.10. The molecule has 0 aromatic carbocycles. The standard InChI is InChI=1S/C7H12N2/c1-4-9-7(3)5-6(2)8/h4-5,9H,1,3,8H2,2H3/b6-5+. The minimum Gasteiger partial charge on any atom is -0.402 e. The van der Waals surface area contributed by atoms with E-state index < -0.39 is 0 Å². The van der Waals surface area contributed by atoms with E-state index in [1.165, 1.54) is 0 Å². The highest BCUT2D eigenvalue weighted by atomic mass is 14.8. The predicted molar refractivity (Wildman–Crippen MR) is 40.4 cm³/mol. The SMILES string of the molecule is C=CNC(=C)/C=C(\C)N. The van der Waals surface area contributed by atoms with Crippen molar-refractivity contribution in [2.24, 2.45) is 5.73 Å². The van der Waals surface area contributed by atoms with Gasteiger partial charge in [0.2, 0.25) is 0 Å². The van der Waals surface area contributed by atoms with E-state index in [1.54, 1.807) is 19.2 Å². The Hall–Kier alpha value is -1.18. The third-order valence-corrected chi connectivity index (χ3v) is 0.689. The average Bonchev–Trinajstić information content (AvgIpc) is 1.63. The minimum absolute atomic E-state index is 0.731. The highest BCUT2D eigenvalue weighted by molar-refractivity contribution is 5.17. The van der Waals surface area contributed by atoms with Gasteiger partial charge in [-0.25, -0.2) is 0 Å². The fourth-order valence-electron chi connectivity index (χ4n) is 0.448. The Morgan fingerprint density at radius 1 is 1.67 bits per heavy atom. The van der Waals surface area contributed by atoms with Crippen LogP contribution in [0.1, 0.15) is 6.92 Å². The summed E-state index contributed by atoms with van der Waals surface area (Å²) in [6.07, 6.45) is 3.30. The molecule has 0 aliphatic carbocycles. The normalized spacial score (nSPS) is 10.6. The molecule has 50 valence electrons. The summed E-state index contributed by atoms with van der Waals surface area (Å²) in [5.41, 5.74) is 6.84. The van der Waals surface area contributed by atoms with Crippen LogP contribution in [-0.4, -0.2) is 0 Å². The number of rotatable bonds is 3. The molecular weight excluding hydrogens is 112 g/mol. The second-order valence-corrected chi connectivity index (χ2v) is 1.76. The monoisotopic (exact) mass is 124 g/mol. The van der Waals surface area contributed by atoms with Crippen molar-refractivity contribution in [1.29, 1.82) is 0 Å². The molecule has 0 aliphatic heterocycles. The molecule has 9 heavy (non-hydrogen) atoms. The van der Waals surface area contributed by atoms with Crippen LogP contribution < -0.4 is 11.1 Å². The summed E-state index contributed by atoms with van der Waals surface area (Å²) >= 11 is 0. The molecule has 0 unspecified atom stereocenters. The lowest BCUT2D eigenvalue weighted by molar-refractivity contribution is 1.11. The molecule has 0 bridgehead atoms. The Balaban J connectivity index is 3.76. The summed E-state index contributed by atoms with van der Waals surface area (Å²) in [4.78, 5) is 0. The van der Waals surface area contributed by atoms with Crippen LogP contribution in [0.4, 0.5) is 0 Å². The molecule has 2 nitrogen and oxygen atoms in total. The van der Waals surface area contributed by atoms with Gasteiger partial charge >= 0.3 is 0 Å². The van der Waals surface area contributed by atoms with Gasteiger partial charge in [0.25, 0.3) is 0 Å². The van der Waals surface area contributed by atoms with E-state index in [-0.39, 0.29) is 0 Å². The molecule has 0 fully saturated rings. The Bertz CT molecular complexity index is 141. The highest BCUT2D eigenvalue weighted by Gasteiger charge is 1.80. The summed E-state index contributed by atoms with van der Waals surface area (Å²) in [5, 5.41) is 2.79. The van der Waals surface area contributed by atoms with E-state index in [9.17, 15) is 0 Å². The zero-order valence-corrected chi connectivity index (χ0v) is 5.65. The summed E-state index contributed by atoms with van der Waals surface area (Å²) < 4.78 is 0. The van der Waals surface area contributed by atoms with Gasteiger partial charge < -0.3 is 11.1 Å². The fraction of sp³-hybridized carbons (Fsp3) is 0.143. The zero-order chi connectivity index (χ0) is 7.28. The van der Waals surface area contributed by atoms with E-state index in [0.717, 1.165) is 11.4 Å². The van der Waals surface area contributed by atoms with Crippen molar-refractivity contribution in [2.75, 3.05) is 0 Å². The van der Waals surface area contributed by atoms with E-state index in [2.05, 4.69) is 18.5 Å². The van der Waals surface area contributed by atoms with Gasteiger partial charge in [-0.2, -0.15) is 0 Å². The van der Waals surface area contributed by atoms with Gasteiger partial charge in [-0.1, -0.05) is 13.2 Å². The molecule has 2 heteroatoms. The summed E-state index contributed by atoms with van der Waals surface area (Å²) in [6, 6.07) is 0. The quantitative estimate of drug-likeness (QED) is 0.553. The lowest BCUT2D eigenvalue weighted by Crippen LogP contribution is -2.02. The third kappa shape index (κ3) is 4.68. The van der Waals surface area contributed by atoms with Gasteiger partial charge in [-0.05, 0) is 19.2 Å². The van der Waals surface area contributed by atoms with Crippen molar-refractivity contribution < 1.29 is 0 Å². The zero-order valence-electron chi connectivity index (χ0n) is 5.65. The third-order valence-electron chi connectivity index (χ3n) is 0.689. The largest absolute Gasteiger partial charge is 0.402 e. The molecule has 0 saturated carbocycles. The van der Waals surface area contributed by atoms with E-state index in [0.29, 0.717) is 0 Å². The van der Waals surface area contributed by atoms with Gasteiger partial charge in [0, 0.05) is 11.4 Å². The second kappa shape index (κ2) is 3.78. The van der Waals surface area contributed by atoms with E-state index >= 15 is 0 Å². The maximum absolute atomic E-state index is 5.35. The first-order valence-corrected chi connectivity index (χ1v) is 2.67. The van der Waals surface area contributed by atoms with Crippen molar-refractivity contribution in [1.82, 2.24) is 5.32 Å². The van der Waals surface area contributed by atoms with E-state index in [1.807, 2.05) is 0 Å². The number of hydrogen-bond acceptors (Lipinski definition) is 2. The second-order valence-electron chi connectivity index (χ2n) is 1.76. The molecule has 0 aromatic heterocycles. The van der Waals surface area contributed by atoms with Gasteiger partial charge in [0.15, 0.2) is 0 Å². The first kappa shape index (κ1) is 7.82. The number of nitrogens with one attached hydrogen (secondary N) is 1. The maximum Gasteiger partial charge on any atom is 0.0323 e. The molecule has 0 heterocycles. The first-order valence-electron chi connectivity index (χ1n) is 2.67. The molecule has 0 amide bonds. The Morgan fingerprint density at radius 3 is 2.56 bits per heavy atom. The number of nitrogens with two attached hydrogens (primary N) is 1. The van der Waals surface area contributed by atoms with Crippen molar-refractivity contribution in [2.45, 2.75) is 6.92 Å². The van der Waals surface area contributed by atoms with Gasteiger partial charge in [-0.3, -0.25) is 0 Å². The summed E-state index contributed by atoms with van der Waals surface area (Å²) in [6.45, 7) is 8.91. The van der Waals surface area contributed by atoms with Crippen molar-refractivity contribution in [3.05, 3.63) is 36.8 Å². The van der Waals surface area contributed by atoms with Gasteiger partial charge in [0.05, 0.1) is 0 Å². The highest BCUT2D eigenvalue weighted by Crippen LogP contribution is 1.88. The lowest BCUT2D eigenvalue weighted by atomic mass is 10.4. The van der Waals surface area contributed by atoms with Gasteiger partial charge in [-0.15, -0.1) is 0 Å². The topological polar surface area (TPSA) is 38.0 Å². The van der Waals surface area contributed by atoms with Crippen molar-refractivity contribution in [3.63, 3.8) is 0 Å². The Labute approximate surface area is 55.7 Å². The lowest BCUT2D eigenvalue weighted by Gasteiger charge is -1.97. The Kier molecular flexibility index (Phi) is 3.28. The van der Waals surface area contributed by atoms with E-state index in [4.69, 9.17) is 5.73 Å². The molecular formula is C7H12N2. The smallest absolute Gasteiger partial charge is 0.0323 e. The molecule has 0 saturated heterocycles. The minimum atomic E-state index is 0.731. The average molecular weight is 124 g/mol. The van der Waals surface area contributed by atoms with Crippen LogP contribution in [0.2, 0.25) is 0 Å². The van der Waals surface area contributed by atoms with Crippen LogP contribution in [0.15, 0.2) is 36.8 Å². The van der Waals surface area contributed by atoms with Crippen LogP contribution in [0.5, 0.6) is 0 Å². The van der Waals surface area contributed by atoms with Crippen LogP contribution in [0, 0.1) is 0 Å². The summed E-state index contributed by atoms with van der Waals surface area (Å²) in [7, 11) is 0. The summed E-state index contributed by atoms with van der Waals surface area (Å²) in [5.74, 6) is 0. The molecule has 0 aliphatic rings. The van der Waals surface area contributed by atoms with Crippen LogP contribution in [0.25, 0.3) is 0 Å². The van der Waals surface area contributed by atoms with Crippen molar-refractivity contribution >= 4 is 0 Å². The van der Waals surface area contributed by atoms with Crippen LogP contribution in [-0.2, 0) is 0 Å². The first-order chi connectivity index (χ1) is 4.16. The number of hydrogen-bond donors (Lipinski definition) is 2. The molecule has 0 radical (unpaired) electrons. The van der Waals surface area contributed by atoms with Gasteiger partial charge in [0.1, 0.15) is 0 Å². The molecule has 0 aromatic rings. The molecule has 0 rings (SSSR count). The Morgan fingerprint density at radius 2 is 2.22 bits per heavy atom. The fourth-order valence-corrected chi connectivity index (χ4v) is 0.448. The van der Waals surface area contributed by atoms with Crippen LogP contribution in [0.3, 0.4) is 0 Å². The number of allylic oxidation sites excluding steroid dienone is 2. The molecule has 0 spiro atoms. The maximum atomic E-state index is 5.35. The van der Waals surface area contributed by atoms with Crippen LogP contribution >= 0.6 is 0 Å².